The molecule has 3 heterocycles. The average Bonchev–Trinajstić information content (AvgIpc) is 3.25. The second-order valence-electron chi connectivity index (χ2n) is 6.03. The second-order valence-corrected chi connectivity index (χ2v) is 6.47. The summed E-state index contributed by atoms with van der Waals surface area (Å²) in [7, 11) is 0. The summed E-state index contributed by atoms with van der Waals surface area (Å²) in [6, 6.07) is 7.52. The molecule has 0 spiro atoms. The van der Waals surface area contributed by atoms with Gasteiger partial charge in [-0.1, -0.05) is 16.7 Å². The van der Waals surface area contributed by atoms with E-state index in [1.54, 1.807) is 11.0 Å². The third kappa shape index (κ3) is 2.75. The number of piperidine rings is 1. The summed E-state index contributed by atoms with van der Waals surface area (Å²) in [6.07, 6.45) is 3.88. The Morgan fingerprint density at radius 2 is 1.92 bits per heavy atom. The quantitative estimate of drug-likeness (QED) is 0.791. The van der Waals surface area contributed by atoms with Crippen molar-refractivity contribution in [1.82, 2.24) is 30.2 Å². The monoisotopic (exact) mass is 343 g/mol. The topological polar surface area (TPSA) is 75.5 Å². The number of hydrogen-bond acceptors (Lipinski definition) is 5. The molecule has 24 heavy (non-hydrogen) atoms. The minimum absolute atomic E-state index is 0.517. The Bertz CT molecular complexity index is 815. The molecular formula is C16H18ClN7. The summed E-state index contributed by atoms with van der Waals surface area (Å²) in [5.41, 5.74) is 3.26. The van der Waals surface area contributed by atoms with E-state index in [1.165, 1.54) is 5.69 Å². The number of imidazole rings is 1. The third-order valence-corrected chi connectivity index (χ3v) is 4.83. The highest BCUT2D eigenvalue weighted by Crippen LogP contribution is 2.30. The van der Waals surface area contributed by atoms with Crippen molar-refractivity contribution in [3.63, 3.8) is 0 Å². The summed E-state index contributed by atoms with van der Waals surface area (Å²) >= 11 is 5.96. The molecule has 1 N–H and O–H groups in total. The van der Waals surface area contributed by atoms with Gasteiger partial charge in [0.1, 0.15) is 0 Å². The van der Waals surface area contributed by atoms with Crippen LogP contribution in [0, 0.1) is 6.92 Å². The Balaban J connectivity index is 1.52. The van der Waals surface area contributed by atoms with Gasteiger partial charge < -0.3 is 9.88 Å². The maximum atomic E-state index is 5.96. The van der Waals surface area contributed by atoms with E-state index in [-0.39, 0.29) is 0 Å². The van der Waals surface area contributed by atoms with Gasteiger partial charge in [0.25, 0.3) is 0 Å². The average molecular weight is 344 g/mol. The van der Waals surface area contributed by atoms with Gasteiger partial charge in [-0.25, -0.2) is 4.98 Å². The first-order chi connectivity index (χ1) is 11.7. The number of H-pyrrole nitrogens is 1. The zero-order valence-electron chi connectivity index (χ0n) is 13.4. The first-order valence-electron chi connectivity index (χ1n) is 8.01. The lowest BCUT2D eigenvalue weighted by molar-refractivity contribution is 0.488. The lowest BCUT2D eigenvalue weighted by atomic mass is 9.93. The summed E-state index contributed by atoms with van der Waals surface area (Å²) in [6.45, 7) is 3.88. The molecule has 0 saturated carbocycles. The molecule has 1 aliphatic rings. The molecule has 0 radical (unpaired) electrons. The zero-order chi connectivity index (χ0) is 16.5. The van der Waals surface area contributed by atoms with Crippen molar-refractivity contribution in [2.45, 2.75) is 25.7 Å². The zero-order valence-corrected chi connectivity index (χ0v) is 14.1. The maximum Gasteiger partial charge on any atom is 0.250 e. The van der Waals surface area contributed by atoms with Crippen LogP contribution in [-0.2, 0) is 0 Å². The molecule has 4 rings (SSSR count). The van der Waals surface area contributed by atoms with Crippen LogP contribution in [0.5, 0.6) is 0 Å². The predicted molar refractivity (Wildman–Crippen MR) is 91.7 cm³/mol. The molecule has 0 aliphatic carbocycles. The molecule has 2 aromatic heterocycles. The molecule has 7 nitrogen and oxygen atoms in total. The molecule has 124 valence electrons. The van der Waals surface area contributed by atoms with Crippen LogP contribution in [0.1, 0.15) is 30.1 Å². The highest BCUT2D eigenvalue weighted by molar-refractivity contribution is 6.30. The molecule has 3 aromatic rings. The lowest BCUT2D eigenvalue weighted by Crippen LogP contribution is -2.35. The van der Waals surface area contributed by atoms with Crippen LogP contribution in [0.4, 0.5) is 5.95 Å². The SMILES string of the molecule is Cc1nc[nH]c1C1CCN(c2nnnn2-c2ccc(Cl)cc2)CC1. The Morgan fingerprint density at radius 3 is 2.58 bits per heavy atom. The first kappa shape index (κ1) is 15.1. The van der Waals surface area contributed by atoms with Crippen molar-refractivity contribution in [2.24, 2.45) is 0 Å². The van der Waals surface area contributed by atoms with Gasteiger partial charge in [0.15, 0.2) is 0 Å². The highest BCUT2D eigenvalue weighted by Gasteiger charge is 2.26. The molecule has 1 fully saturated rings. The number of aromatic amines is 1. The second kappa shape index (κ2) is 6.24. The van der Waals surface area contributed by atoms with Crippen LogP contribution in [0.15, 0.2) is 30.6 Å². The predicted octanol–water partition coefficient (Wildman–Crippen LogP) is 2.73. The van der Waals surface area contributed by atoms with Crippen LogP contribution >= 0.6 is 11.6 Å². The van der Waals surface area contributed by atoms with E-state index in [0.717, 1.165) is 43.3 Å². The van der Waals surface area contributed by atoms with Crippen molar-refractivity contribution in [1.29, 1.82) is 0 Å². The molecule has 1 saturated heterocycles. The van der Waals surface area contributed by atoms with E-state index < -0.39 is 0 Å². The fourth-order valence-corrected chi connectivity index (χ4v) is 3.41. The minimum atomic E-state index is 0.517. The third-order valence-electron chi connectivity index (χ3n) is 4.58. The van der Waals surface area contributed by atoms with Crippen molar-refractivity contribution >= 4 is 17.5 Å². The van der Waals surface area contributed by atoms with Gasteiger partial charge in [0.2, 0.25) is 5.95 Å². The molecule has 0 atom stereocenters. The van der Waals surface area contributed by atoms with Crippen LogP contribution in [0.3, 0.4) is 0 Å². The van der Waals surface area contributed by atoms with Crippen molar-refractivity contribution in [3.8, 4) is 5.69 Å². The van der Waals surface area contributed by atoms with Gasteiger partial charge in [0, 0.05) is 29.7 Å². The largest absolute Gasteiger partial charge is 0.348 e. The number of nitrogens with zero attached hydrogens (tertiary/aromatic N) is 6. The van der Waals surface area contributed by atoms with Crippen molar-refractivity contribution in [2.75, 3.05) is 18.0 Å². The molecule has 0 amide bonds. The number of aromatic nitrogens is 6. The smallest absolute Gasteiger partial charge is 0.250 e. The van der Waals surface area contributed by atoms with Crippen LogP contribution < -0.4 is 4.90 Å². The fourth-order valence-electron chi connectivity index (χ4n) is 3.28. The minimum Gasteiger partial charge on any atom is -0.348 e. The molecule has 0 bridgehead atoms. The van der Waals surface area contributed by atoms with E-state index in [4.69, 9.17) is 11.6 Å². The normalized spacial score (nSPS) is 15.8. The molecular weight excluding hydrogens is 326 g/mol. The van der Waals surface area contributed by atoms with Gasteiger partial charge >= 0.3 is 0 Å². The Hall–Kier alpha value is -2.41. The Kier molecular flexibility index (Phi) is 3.93. The summed E-state index contributed by atoms with van der Waals surface area (Å²) in [5.74, 6) is 1.29. The van der Waals surface area contributed by atoms with E-state index in [2.05, 4.69) is 37.3 Å². The van der Waals surface area contributed by atoms with E-state index >= 15 is 0 Å². The van der Waals surface area contributed by atoms with Gasteiger partial charge in [-0.2, -0.15) is 4.68 Å². The molecule has 1 aliphatic heterocycles. The number of anilines is 1. The van der Waals surface area contributed by atoms with Crippen LogP contribution in [0.25, 0.3) is 5.69 Å². The number of nitrogens with one attached hydrogen (secondary N) is 1. The summed E-state index contributed by atoms with van der Waals surface area (Å²) in [5, 5.41) is 12.9. The van der Waals surface area contributed by atoms with Crippen molar-refractivity contribution in [3.05, 3.63) is 47.0 Å². The molecule has 8 heteroatoms. The number of halogens is 1. The standard InChI is InChI=1S/C16H18ClN7/c1-11-15(19-10-18-11)12-6-8-23(9-7-12)16-20-21-22-24(16)14-4-2-13(17)3-5-14/h2-5,10,12H,6-9H2,1H3,(H,18,19). The van der Waals surface area contributed by atoms with E-state index in [1.807, 2.05) is 24.3 Å². The number of rotatable bonds is 3. The number of tetrazole rings is 1. The fraction of sp³-hybridized carbons (Fsp3) is 0.375. The Labute approximate surface area is 144 Å². The van der Waals surface area contributed by atoms with E-state index in [0.29, 0.717) is 10.9 Å². The first-order valence-corrected chi connectivity index (χ1v) is 8.39. The molecule has 0 unspecified atom stereocenters. The number of aryl methyl sites for hydroxylation is 1. The lowest BCUT2D eigenvalue weighted by Gasteiger charge is -2.31. The van der Waals surface area contributed by atoms with E-state index in [9.17, 15) is 0 Å². The highest BCUT2D eigenvalue weighted by atomic mass is 35.5. The van der Waals surface area contributed by atoms with Gasteiger partial charge in [-0.15, -0.1) is 0 Å². The van der Waals surface area contributed by atoms with Crippen LogP contribution in [-0.4, -0.2) is 43.3 Å². The number of hydrogen-bond donors (Lipinski definition) is 1. The summed E-state index contributed by atoms with van der Waals surface area (Å²) < 4.78 is 1.76. The maximum absolute atomic E-state index is 5.96. The van der Waals surface area contributed by atoms with Crippen LogP contribution in [0.2, 0.25) is 5.02 Å². The number of benzene rings is 1. The van der Waals surface area contributed by atoms with Gasteiger partial charge in [-0.3, -0.25) is 0 Å². The van der Waals surface area contributed by atoms with Gasteiger partial charge in [-0.05, 0) is 54.5 Å². The van der Waals surface area contributed by atoms with Crippen molar-refractivity contribution < 1.29 is 0 Å². The van der Waals surface area contributed by atoms with Gasteiger partial charge in [0.05, 0.1) is 17.7 Å². The molecule has 1 aromatic carbocycles. The summed E-state index contributed by atoms with van der Waals surface area (Å²) in [4.78, 5) is 9.82. The Morgan fingerprint density at radius 1 is 1.17 bits per heavy atom.